The Balaban J connectivity index is 1.72. The molecule has 1 saturated carbocycles. The molecule has 0 heterocycles. The van der Waals surface area contributed by atoms with Crippen molar-refractivity contribution in [2.45, 2.75) is 11.8 Å². The Kier molecular flexibility index (Phi) is 5.36. The van der Waals surface area contributed by atoms with E-state index in [1.54, 1.807) is 21.3 Å². The van der Waals surface area contributed by atoms with E-state index in [0.29, 0.717) is 17.9 Å². The van der Waals surface area contributed by atoms with Crippen molar-refractivity contribution in [3.8, 4) is 17.2 Å². The van der Waals surface area contributed by atoms with Crippen LogP contribution in [0.15, 0.2) is 72.8 Å². The van der Waals surface area contributed by atoms with Crippen molar-refractivity contribution in [2.24, 2.45) is 5.92 Å². The van der Waals surface area contributed by atoms with E-state index in [0.717, 1.165) is 22.6 Å². The van der Waals surface area contributed by atoms with E-state index in [4.69, 9.17) is 14.2 Å². The van der Waals surface area contributed by atoms with Crippen molar-refractivity contribution in [2.75, 3.05) is 26.6 Å². The molecule has 0 aromatic heterocycles. The standard InChI is InChI=1S/C25H25NO4/c1-28-19-10-6-8-17(14-19)25(18-9-7-11-20(15-18)29-2)16-21(25)24(27)26-22-12-4-5-13-23(22)30-3/h4-15,21H,16H2,1-3H3,(H,26,27)/t21-/m0/s1. The predicted molar refractivity (Wildman–Crippen MR) is 116 cm³/mol. The molecule has 154 valence electrons. The van der Waals surface area contributed by atoms with Gasteiger partial charge in [0.1, 0.15) is 17.2 Å². The molecule has 1 aliphatic carbocycles. The van der Waals surface area contributed by atoms with E-state index < -0.39 is 5.41 Å². The number of para-hydroxylation sites is 2. The van der Waals surface area contributed by atoms with Crippen LogP contribution >= 0.6 is 0 Å². The van der Waals surface area contributed by atoms with E-state index in [9.17, 15) is 4.79 Å². The average molecular weight is 403 g/mol. The summed E-state index contributed by atoms with van der Waals surface area (Å²) in [6.45, 7) is 0. The lowest BCUT2D eigenvalue weighted by Crippen LogP contribution is -2.22. The number of carbonyl (C=O) groups excluding carboxylic acids is 1. The van der Waals surface area contributed by atoms with Crippen molar-refractivity contribution in [1.29, 1.82) is 0 Å². The average Bonchev–Trinajstić information content (AvgIpc) is 3.57. The number of methoxy groups -OCH3 is 3. The van der Waals surface area contributed by atoms with Crippen LogP contribution in [0.3, 0.4) is 0 Å². The maximum atomic E-state index is 13.3. The summed E-state index contributed by atoms with van der Waals surface area (Å²) in [7, 11) is 4.89. The minimum Gasteiger partial charge on any atom is -0.497 e. The molecule has 5 heteroatoms. The summed E-state index contributed by atoms with van der Waals surface area (Å²) in [4.78, 5) is 13.3. The van der Waals surface area contributed by atoms with E-state index in [-0.39, 0.29) is 11.8 Å². The van der Waals surface area contributed by atoms with Crippen LogP contribution in [0.4, 0.5) is 5.69 Å². The largest absolute Gasteiger partial charge is 0.497 e. The first-order chi connectivity index (χ1) is 14.6. The Morgan fingerprint density at radius 3 is 2.00 bits per heavy atom. The fourth-order valence-corrected chi connectivity index (χ4v) is 4.15. The zero-order valence-electron chi connectivity index (χ0n) is 17.3. The smallest absolute Gasteiger partial charge is 0.228 e. The highest BCUT2D eigenvalue weighted by atomic mass is 16.5. The summed E-state index contributed by atoms with van der Waals surface area (Å²) in [5.41, 5.74) is 2.34. The second kappa shape index (κ2) is 8.11. The van der Waals surface area contributed by atoms with Gasteiger partial charge in [0.05, 0.1) is 32.9 Å². The monoisotopic (exact) mass is 403 g/mol. The van der Waals surface area contributed by atoms with E-state index in [1.165, 1.54) is 0 Å². The van der Waals surface area contributed by atoms with Gasteiger partial charge in [0.25, 0.3) is 0 Å². The van der Waals surface area contributed by atoms with Crippen LogP contribution in [0.25, 0.3) is 0 Å². The molecule has 1 amide bonds. The minimum atomic E-state index is -0.435. The van der Waals surface area contributed by atoms with Crippen molar-refractivity contribution in [1.82, 2.24) is 0 Å². The number of carbonyl (C=O) groups is 1. The highest BCUT2D eigenvalue weighted by Crippen LogP contribution is 2.60. The lowest BCUT2D eigenvalue weighted by atomic mass is 9.85. The van der Waals surface area contributed by atoms with Crippen LogP contribution in [-0.2, 0) is 10.2 Å². The molecule has 0 aliphatic heterocycles. The molecule has 0 saturated heterocycles. The zero-order valence-corrected chi connectivity index (χ0v) is 17.3. The summed E-state index contributed by atoms with van der Waals surface area (Å²) in [5, 5.41) is 3.05. The summed E-state index contributed by atoms with van der Waals surface area (Å²) < 4.78 is 16.3. The van der Waals surface area contributed by atoms with E-state index in [1.807, 2.05) is 60.7 Å². The molecule has 3 aromatic rings. The van der Waals surface area contributed by atoms with Gasteiger partial charge in [-0.15, -0.1) is 0 Å². The summed E-state index contributed by atoms with van der Waals surface area (Å²) in [6.07, 6.45) is 0.703. The second-order valence-electron chi connectivity index (χ2n) is 7.38. The van der Waals surface area contributed by atoms with Crippen molar-refractivity contribution in [3.05, 3.63) is 83.9 Å². The van der Waals surface area contributed by atoms with Gasteiger partial charge in [-0.3, -0.25) is 4.79 Å². The molecular weight excluding hydrogens is 378 g/mol. The van der Waals surface area contributed by atoms with Crippen LogP contribution < -0.4 is 19.5 Å². The Hall–Kier alpha value is -3.47. The van der Waals surface area contributed by atoms with Gasteiger partial charge in [0.2, 0.25) is 5.91 Å². The van der Waals surface area contributed by atoms with Crippen LogP contribution in [0, 0.1) is 5.92 Å². The Labute approximate surface area is 176 Å². The SMILES string of the molecule is COc1cccc(C2(c3cccc(OC)c3)C[C@H]2C(=O)Nc2ccccc2OC)c1. The van der Waals surface area contributed by atoms with Gasteiger partial charge in [-0.1, -0.05) is 36.4 Å². The fraction of sp³-hybridized carbons (Fsp3) is 0.240. The quantitative estimate of drug-likeness (QED) is 0.624. The molecule has 5 nitrogen and oxygen atoms in total. The number of hydrogen-bond donors (Lipinski definition) is 1. The van der Waals surface area contributed by atoms with Crippen LogP contribution in [-0.4, -0.2) is 27.2 Å². The van der Waals surface area contributed by atoms with Crippen LogP contribution in [0.2, 0.25) is 0 Å². The Bertz CT molecular complexity index is 1010. The van der Waals surface area contributed by atoms with Crippen LogP contribution in [0.5, 0.6) is 17.2 Å². The fourth-order valence-electron chi connectivity index (χ4n) is 4.15. The molecule has 0 spiro atoms. The normalized spacial score (nSPS) is 16.4. The molecule has 4 rings (SSSR count). The predicted octanol–water partition coefficient (Wildman–Crippen LogP) is 4.66. The Morgan fingerprint density at radius 2 is 1.43 bits per heavy atom. The van der Waals surface area contributed by atoms with Gasteiger partial charge in [-0.05, 0) is 53.9 Å². The first-order valence-corrected chi connectivity index (χ1v) is 9.85. The minimum absolute atomic E-state index is 0.0369. The number of amides is 1. The van der Waals surface area contributed by atoms with E-state index in [2.05, 4.69) is 17.4 Å². The molecule has 3 aromatic carbocycles. The molecular formula is C25H25NO4. The highest BCUT2D eigenvalue weighted by Gasteiger charge is 2.60. The molecule has 0 bridgehead atoms. The topological polar surface area (TPSA) is 56.8 Å². The number of anilines is 1. The van der Waals surface area contributed by atoms with Gasteiger partial charge in [0, 0.05) is 5.41 Å². The maximum Gasteiger partial charge on any atom is 0.228 e. The lowest BCUT2D eigenvalue weighted by molar-refractivity contribution is -0.117. The number of rotatable bonds is 7. The van der Waals surface area contributed by atoms with Crippen LogP contribution in [0.1, 0.15) is 17.5 Å². The molecule has 1 aliphatic rings. The number of ether oxygens (including phenoxy) is 3. The van der Waals surface area contributed by atoms with Crippen molar-refractivity contribution in [3.63, 3.8) is 0 Å². The molecule has 0 unspecified atom stereocenters. The Morgan fingerprint density at radius 1 is 0.833 bits per heavy atom. The van der Waals surface area contributed by atoms with Gasteiger partial charge in [0.15, 0.2) is 0 Å². The van der Waals surface area contributed by atoms with Crippen molar-refractivity contribution < 1.29 is 19.0 Å². The van der Waals surface area contributed by atoms with Gasteiger partial charge < -0.3 is 19.5 Å². The number of nitrogens with one attached hydrogen (secondary N) is 1. The van der Waals surface area contributed by atoms with Gasteiger partial charge >= 0.3 is 0 Å². The number of hydrogen-bond acceptors (Lipinski definition) is 4. The summed E-state index contributed by atoms with van der Waals surface area (Å²) in [6, 6.07) is 23.3. The molecule has 0 radical (unpaired) electrons. The van der Waals surface area contributed by atoms with Crippen molar-refractivity contribution >= 4 is 11.6 Å². The third kappa shape index (κ3) is 3.47. The van der Waals surface area contributed by atoms with E-state index >= 15 is 0 Å². The third-order valence-electron chi connectivity index (χ3n) is 5.81. The zero-order chi connectivity index (χ0) is 21.1. The molecule has 1 atom stereocenters. The maximum absolute atomic E-state index is 13.3. The van der Waals surface area contributed by atoms with Gasteiger partial charge in [-0.2, -0.15) is 0 Å². The third-order valence-corrected chi connectivity index (χ3v) is 5.81. The second-order valence-corrected chi connectivity index (χ2v) is 7.38. The summed E-state index contributed by atoms with van der Waals surface area (Å²) in [5.74, 6) is 1.92. The summed E-state index contributed by atoms with van der Waals surface area (Å²) >= 11 is 0. The highest BCUT2D eigenvalue weighted by molar-refractivity contribution is 5.98. The van der Waals surface area contributed by atoms with Gasteiger partial charge in [-0.25, -0.2) is 0 Å². The first kappa shape index (κ1) is 19.8. The lowest BCUT2D eigenvalue weighted by Gasteiger charge is -2.20. The molecule has 1 N–H and O–H groups in total. The molecule has 1 fully saturated rings. The first-order valence-electron chi connectivity index (χ1n) is 9.85. The number of benzene rings is 3. The molecule has 30 heavy (non-hydrogen) atoms.